The molecule has 578 valence electrons. The van der Waals surface area contributed by atoms with Crippen molar-refractivity contribution in [2.24, 2.45) is 0 Å². The summed E-state index contributed by atoms with van der Waals surface area (Å²) in [7, 11) is 0. The minimum atomic E-state index is -1.80. The number of rotatable bonds is 68. The summed E-state index contributed by atoms with van der Waals surface area (Å²) in [5, 5.41) is 87.7. The molecule has 2 rings (SSSR count). The fourth-order valence-electron chi connectivity index (χ4n) is 13.0. The lowest BCUT2D eigenvalue weighted by Gasteiger charge is -2.46. The van der Waals surface area contributed by atoms with Crippen molar-refractivity contribution in [3.8, 4) is 0 Å². The second-order valence-corrected chi connectivity index (χ2v) is 28.5. The summed E-state index contributed by atoms with van der Waals surface area (Å²) in [4.78, 5) is 13.4. The average Bonchev–Trinajstić information content (AvgIpc) is 0.791. The van der Waals surface area contributed by atoms with Gasteiger partial charge in [-0.05, 0) is 89.9 Å². The largest absolute Gasteiger partial charge is 0.394 e. The molecular formula is C86H151NO13. The molecule has 0 aromatic carbocycles. The SMILES string of the molecule is CC/C=C\C/C=C\C/C=C\C/C=C\C/C=C\C/C=C\C/C=C\CCCCCCCCCCCCCC(=O)NC(COC1OC(CO)C(OC2OC(CO)C(O)C(O)C2O)C(O)C1O)C(O)/C=C/CC/C=C/CCCCCCCCCCCCCCCCCCCCCCCCCCCCC. The third-order valence-electron chi connectivity index (χ3n) is 19.4. The van der Waals surface area contributed by atoms with Gasteiger partial charge >= 0.3 is 0 Å². The van der Waals surface area contributed by atoms with Gasteiger partial charge in [0.1, 0.15) is 48.8 Å². The lowest BCUT2D eigenvalue weighted by atomic mass is 9.97. The Kier molecular flexibility index (Phi) is 63.7. The van der Waals surface area contributed by atoms with Gasteiger partial charge in [-0.25, -0.2) is 0 Å². The number of aliphatic hydroxyl groups is 8. The van der Waals surface area contributed by atoms with Crippen LogP contribution in [0.15, 0.2) is 109 Å². The summed E-state index contributed by atoms with van der Waals surface area (Å²) in [6, 6.07) is -0.943. The smallest absolute Gasteiger partial charge is 0.220 e. The highest BCUT2D eigenvalue weighted by molar-refractivity contribution is 5.76. The van der Waals surface area contributed by atoms with Gasteiger partial charge in [-0.2, -0.15) is 0 Å². The van der Waals surface area contributed by atoms with Gasteiger partial charge in [-0.3, -0.25) is 4.79 Å². The lowest BCUT2D eigenvalue weighted by Crippen LogP contribution is -2.65. The molecule has 0 spiro atoms. The van der Waals surface area contributed by atoms with Crippen molar-refractivity contribution in [1.82, 2.24) is 5.32 Å². The zero-order valence-corrected chi connectivity index (χ0v) is 63.4. The topological polar surface area (TPSA) is 228 Å². The van der Waals surface area contributed by atoms with Gasteiger partial charge in [-0.15, -0.1) is 0 Å². The molecular weight excluding hydrogens is 1250 g/mol. The molecule has 2 aliphatic heterocycles. The Hall–Kier alpha value is -3.35. The van der Waals surface area contributed by atoms with Crippen LogP contribution in [-0.2, 0) is 23.7 Å². The van der Waals surface area contributed by atoms with Crippen LogP contribution in [0.25, 0.3) is 0 Å². The number of nitrogens with one attached hydrogen (secondary N) is 1. The van der Waals surface area contributed by atoms with E-state index in [1.54, 1.807) is 6.08 Å². The molecule has 12 unspecified atom stereocenters. The summed E-state index contributed by atoms with van der Waals surface area (Å²) in [5.74, 6) is -0.253. The Bertz CT molecular complexity index is 2100. The molecule has 0 bridgehead atoms. The molecule has 14 nitrogen and oxygen atoms in total. The minimum absolute atomic E-state index is 0.253. The van der Waals surface area contributed by atoms with Crippen molar-refractivity contribution in [3.63, 3.8) is 0 Å². The molecule has 0 aromatic rings. The Morgan fingerprint density at radius 1 is 0.370 bits per heavy atom. The van der Waals surface area contributed by atoms with Gasteiger partial charge in [0, 0.05) is 6.42 Å². The van der Waals surface area contributed by atoms with Crippen molar-refractivity contribution in [3.05, 3.63) is 109 Å². The molecule has 2 aliphatic rings. The van der Waals surface area contributed by atoms with Crippen LogP contribution in [0.3, 0.4) is 0 Å². The number of unbranched alkanes of at least 4 members (excludes halogenated alkanes) is 39. The molecule has 9 N–H and O–H groups in total. The van der Waals surface area contributed by atoms with Crippen molar-refractivity contribution in [2.75, 3.05) is 19.8 Å². The van der Waals surface area contributed by atoms with Crippen molar-refractivity contribution >= 4 is 5.91 Å². The van der Waals surface area contributed by atoms with E-state index in [2.05, 4.69) is 116 Å². The maximum atomic E-state index is 13.4. The Balaban J connectivity index is 1.63. The third kappa shape index (κ3) is 50.9. The van der Waals surface area contributed by atoms with Gasteiger partial charge in [-0.1, -0.05) is 348 Å². The second-order valence-electron chi connectivity index (χ2n) is 28.5. The van der Waals surface area contributed by atoms with E-state index in [4.69, 9.17) is 18.9 Å². The van der Waals surface area contributed by atoms with Crippen LogP contribution in [-0.4, -0.2) is 140 Å². The van der Waals surface area contributed by atoms with E-state index in [0.29, 0.717) is 12.8 Å². The molecule has 1 amide bonds. The predicted octanol–water partition coefficient (Wildman–Crippen LogP) is 19.0. The monoisotopic (exact) mass is 1410 g/mol. The van der Waals surface area contributed by atoms with E-state index < -0.39 is 86.8 Å². The third-order valence-corrected chi connectivity index (χ3v) is 19.4. The number of aliphatic hydroxyl groups excluding tert-OH is 8. The summed E-state index contributed by atoms with van der Waals surface area (Å²) in [5.41, 5.74) is 0. The van der Waals surface area contributed by atoms with Crippen molar-refractivity contribution in [1.29, 1.82) is 0 Å². The fraction of sp³-hybridized carbons (Fsp3) is 0.779. The van der Waals surface area contributed by atoms with E-state index in [9.17, 15) is 45.6 Å². The Labute approximate surface area is 610 Å². The number of carbonyl (C=O) groups is 1. The Morgan fingerprint density at radius 3 is 1.10 bits per heavy atom. The number of hydrogen-bond donors (Lipinski definition) is 9. The van der Waals surface area contributed by atoms with Gasteiger partial charge in [0.05, 0.1) is 32.0 Å². The summed E-state index contributed by atoms with van der Waals surface area (Å²) in [6.07, 6.45) is 83.2. The zero-order chi connectivity index (χ0) is 72.2. The van der Waals surface area contributed by atoms with Crippen LogP contribution in [0.2, 0.25) is 0 Å². The number of allylic oxidation sites excluding steroid dienone is 17. The molecule has 0 radical (unpaired) electrons. The van der Waals surface area contributed by atoms with Crippen LogP contribution >= 0.6 is 0 Å². The second kappa shape index (κ2) is 68.7. The van der Waals surface area contributed by atoms with Gasteiger partial charge in [0.2, 0.25) is 5.91 Å². The normalized spacial score (nSPS) is 22.4. The van der Waals surface area contributed by atoms with E-state index in [0.717, 1.165) is 83.5 Å². The standard InChI is InChI=1S/C86H151NO13/c1-3-5-7-9-11-13-15-17-19-21-23-25-27-29-31-33-35-37-39-41-43-45-47-49-51-53-55-57-59-61-63-65-67-69-75(90)74(73-97-85-83(96)81(94)84(77(72-89)99-85)100-86-82(95)80(93)79(92)76(71-88)98-86)87-78(91)70-68-66-64-62-60-58-56-54-52-50-48-46-44-42-40-38-36-34-32-30-28-26-24-22-20-18-16-14-12-10-8-6-4-2/h6,8,12,14,18,20,24,26,30,32,36,38,42,44,59,61,67,69,74-77,79-86,88-90,92-96H,3-5,7,9-11,13,15-17,19,21-23,25,27-29,31,33-35,37,39-41,43,45-58,60,62-66,68,70-73H2,1-2H3,(H,87,91)/b8-6-,14-12-,20-18-,26-24-,32-30-,38-36-,44-42-,61-59+,69-67+. The van der Waals surface area contributed by atoms with Crippen LogP contribution in [0, 0.1) is 0 Å². The first kappa shape index (κ1) is 92.7. The first-order valence-corrected chi connectivity index (χ1v) is 41.1. The highest BCUT2D eigenvalue weighted by atomic mass is 16.7. The molecule has 0 saturated carbocycles. The molecule has 12 atom stereocenters. The quantitative estimate of drug-likeness (QED) is 0.0204. The van der Waals surface area contributed by atoms with Crippen LogP contribution in [0.5, 0.6) is 0 Å². The minimum Gasteiger partial charge on any atom is -0.394 e. The van der Waals surface area contributed by atoms with E-state index in [-0.39, 0.29) is 18.9 Å². The Morgan fingerprint density at radius 2 is 0.700 bits per heavy atom. The maximum absolute atomic E-state index is 13.4. The number of ether oxygens (including phenoxy) is 4. The first-order valence-electron chi connectivity index (χ1n) is 41.1. The summed E-state index contributed by atoms with van der Waals surface area (Å²) in [6.45, 7) is 2.70. The van der Waals surface area contributed by atoms with Gasteiger partial charge in [0.25, 0.3) is 0 Å². The summed E-state index contributed by atoms with van der Waals surface area (Å²) >= 11 is 0. The van der Waals surface area contributed by atoms with Gasteiger partial charge in [0.15, 0.2) is 12.6 Å². The van der Waals surface area contributed by atoms with Crippen molar-refractivity contribution in [2.45, 2.75) is 408 Å². The highest BCUT2D eigenvalue weighted by Gasteiger charge is 2.51. The van der Waals surface area contributed by atoms with Crippen molar-refractivity contribution < 1.29 is 64.6 Å². The molecule has 2 heterocycles. The van der Waals surface area contributed by atoms with Crippen LogP contribution in [0.4, 0.5) is 0 Å². The number of hydrogen-bond acceptors (Lipinski definition) is 13. The van der Waals surface area contributed by atoms with E-state index in [1.807, 2.05) is 6.08 Å². The fourth-order valence-corrected chi connectivity index (χ4v) is 13.0. The van der Waals surface area contributed by atoms with Crippen LogP contribution < -0.4 is 5.32 Å². The van der Waals surface area contributed by atoms with E-state index in [1.165, 1.54) is 218 Å². The molecule has 0 aromatic heterocycles. The van der Waals surface area contributed by atoms with Gasteiger partial charge < -0.3 is 65.1 Å². The average molecular weight is 1410 g/mol. The molecule has 14 heteroatoms. The maximum Gasteiger partial charge on any atom is 0.220 e. The number of carbonyl (C=O) groups excluding carboxylic acids is 1. The first-order chi connectivity index (χ1) is 49.1. The lowest BCUT2D eigenvalue weighted by molar-refractivity contribution is -0.359. The van der Waals surface area contributed by atoms with Crippen LogP contribution in [0.1, 0.15) is 335 Å². The number of amides is 1. The zero-order valence-electron chi connectivity index (χ0n) is 63.4. The molecule has 2 fully saturated rings. The highest BCUT2D eigenvalue weighted by Crippen LogP contribution is 2.30. The summed E-state index contributed by atoms with van der Waals surface area (Å²) < 4.78 is 22.9. The van der Waals surface area contributed by atoms with E-state index >= 15 is 0 Å². The molecule has 0 aliphatic carbocycles. The molecule has 100 heavy (non-hydrogen) atoms. The molecule has 2 saturated heterocycles. The predicted molar refractivity (Wildman–Crippen MR) is 415 cm³/mol.